The Bertz CT molecular complexity index is 366. The maximum Gasteiger partial charge on any atom is 0.154 e. The summed E-state index contributed by atoms with van der Waals surface area (Å²) in [7, 11) is 0. The summed E-state index contributed by atoms with van der Waals surface area (Å²) in [5, 5.41) is 0. The van der Waals surface area contributed by atoms with Crippen LogP contribution in [0.15, 0.2) is 23.1 Å². The first kappa shape index (κ1) is 14.2. The van der Waals surface area contributed by atoms with Crippen molar-refractivity contribution in [3.05, 3.63) is 29.6 Å². The van der Waals surface area contributed by atoms with E-state index in [4.69, 9.17) is 0 Å². The second kappa shape index (κ2) is 7.45. The Labute approximate surface area is 106 Å². The van der Waals surface area contributed by atoms with E-state index in [1.165, 1.54) is 17.8 Å². The van der Waals surface area contributed by atoms with Gasteiger partial charge in [0.05, 0.1) is 5.56 Å². The third kappa shape index (κ3) is 4.13. The molecule has 0 aliphatic carbocycles. The van der Waals surface area contributed by atoms with Gasteiger partial charge in [0, 0.05) is 17.2 Å². The zero-order chi connectivity index (χ0) is 12.7. The molecule has 0 aromatic heterocycles. The van der Waals surface area contributed by atoms with Gasteiger partial charge in [-0.1, -0.05) is 19.9 Å². The first-order valence-electron chi connectivity index (χ1n) is 5.81. The number of nitrogens with zero attached hydrogens (tertiary/aromatic N) is 1. The van der Waals surface area contributed by atoms with Crippen LogP contribution in [0.4, 0.5) is 4.39 Å². The van der Waals surface area contributed by atoms with E-state index in [1.54, 1.807) is 12.1 Å². The molecule has 0 spiro atoms. The normalized spacial score (nSPS) is 10.8. The zero-order valence-corrected chi connectivity index (χ0v) is 11.1. The number of rotatable bonds is 7. The van der Waals surface area contributed by atoms with E-state index in [9.17, 15) is 9.18 Å². The van der Waals surface area contributed by atoms with Crippen molar-refractivity contribution in [2.75, 3.05) is 25.4 Å². The van der Waals surface area contributed by atoms with Gasteiger partial charge >= 0.3 is 0 Å². The van der Waals surface area contributed by atoms with E-state index in [2.05, 4.69) is 18.7 Å². The highest BCUT2D eigenvalue weighted by molar-refractivity contribution is 7.99. The van der Waals surface area contributed by atoms with Crippen molar-refractivity contribution in [1.82, 2.24) is 4.90 Å². The summed E-state index contributed by atoms with van der Waals surface area (Å²) < 4.78 is 13.3. The molecule has 0 heterocycles. The topological polar surface area (TPSA) is 20.3 Å². The molecule has 17 heavy (non-hydrogen) atoms. The van der Waals surface area contributed by atoms with Gasteiger partial charge in [-0.3, -0.25) is 4.79 Å². The Morgan fingerprint density at radius 3 is 2.65 bits per heavy atom. The van der Waals surface area contributed by atoms with E-state index < -0.39 is 5.82 Å². The molecular weight excluding hydrogens is 237 g/mol. The van der Waals surface area contributed by atoms with Gasteiger partial charge in [0.1, 0.15) is 5.82 Å². The molecule has 0 saturated carbocycles. The molecule has 0 atom stereocenters. The molecule has 94 valence electrons. The molecule has 1 rings (SSSR count). The lowest BCUT2D eigenvalue weighted by molar-refractivity contribution is 0.111. The monoisotopic (exact) mass is 255 g/mol. The van der Waals surface area contributed by atoms with Crippen molar-refractivity contribution in [2.24, 2.45) is 0 Å². The molecule has 0 fully saturated rings. The van der Waals surface area contributed by atoms with Crippen molar-refractivity contribution in [3.63, 3.8) is 0 Å². The van der Waals surface area contributed by atoms with Crippen molar-refractivity contribution in [2.45, 2.75) is 18.7 Å². The van der Waals surface area contributed by atoms with E-state index in [-0.39, 0.29) is 5.56 Å². The average Bonchev–Trinajstić information content (AvgIpc) is 2.35. The summed E-state index contributed by atoms with van der Waals surface area (Å²) in [6.07, 6.45) is 0.592. The Morgan fingerprint density at radius 2 is 2.06 bits per heavy atom. The summed E-state index contributed by atoms with van der Waals surface area (Å²) in [5.41, 5.74) is 0.178. The van der Waals surface area contributed by atoms with Crippen LogP contribution < -0.4 is 0 Å². The smallest absolute Gasteiger partial charge is 0.154 e. The molecule has 0 amide bonds. The molecule has 0 bridgehead atoms. The maximum absolute atomic E-state index is 13.3. The molecule has 4 heteroatoms. The lowest BCUT2D eigenvalue weighted by Gasteiger charge is -2.17. The minimum Gasteiger partial charge on any atom is -0.303 e. The van der Waals surface area contributed by atoms with Gasteiger partial charge in [-0.05, 0) is 25.2 Å². The Kier molecular flexibility index (Phi) is 6.22. The van der Waals surface area contributed by atoms with Crippen LogP contribution in [0, 0.1) is 5.82 Å². The summed E-state index contributed by atoms with van der Waals surface area (Å²) in [6, 6.07) is 4.75. The molecule has 0 radical (unpaired) electrons. The number of hydrogen-bond acceptors (Lipinski definition) is 3. The molecule has 2 nitrogen and oxygen atoms in total. The van der Waals surface area contributed by atoms with E-state index in [1.807, 2.05) is 0 Å². The summed E-state index contributed by atoms with van der Waals surface area (Å²) in [5.74, 6) is 0.430. The van der Waals surface area contributed by atoms with Crippen LogP contribution in [0.3, 0.4) is 0 Å². The quantitative estimate of drug-likeness (QED) is 0.551. The highest BCUT2D eigenvalue weighted by Crippen LogP contribution is 2.23. The SMILES string of the molecule is CCN(CC)CCSc1cccc(F)c1C=O. The van der Waals surface area contributed by atoms with Gasteiger partial charge in [0.15, 0.2) is 6.29 Å². The molecule has 1 aromatic carbocycles. The highest BCUT2D eigenvalue weighted by Gasteiger charge is 2.08. The molecule has 0 N–H and O–H groups in total. The Hall–Kier alpha value is -0.870. The van der Waals surface area contributed by atoms with Crippen LogP contribution >= 0.6 is 11.8 Å². The minimum atomic E-state index is -0.437. The molecule has 0 aliphatic heterocycles. The molecule has 0 saturated heterocycles. The number of aldehydes is 1. The standard InChI is InChI=1S/C13H18FNOS/c1-3-15(4-2)8-9-17-13-7-5-6-12(14)11(13)10-16/h5-7,10H,3-4,8-9H2,1-2H3. The van der Waals surface area contributed by atoms with Crippen molar-refractivity contribution in [1.29, 1.82) is 0 Å². The highest BCUT2D eigenvalue weighted by atomic mass is 32.2. The summed E-state index contributed by atoms with van der Waals surface area (Å²) in [6.45, 7) is 7.22. The third-order valence-corrected chi connectivity index (χ3v) is 3.74. The second-order valence-electron chi connectivity index (χ2n) is 3.64. The van der Waals surface area contributed by atoms with Crippen LogP contribution in [0.25, 0.3) is 0 Å². The number of carbonyl (C=O) groups is 1. The summed E-state index contributed by atoms with van der Waals surface area (Å²) in [4.78, 5) is 13.8. The van der Waals surface area contributed by atoms with Crippen molar-refractivity contribution >= 4 is 18.0 Å². The maximum atomic E-state index is 13.3. The van der Waals surface area contributed by atoms with Gasteiger partial charge in [-0.2, -0.15) is 0 Å². The van der Waals surface area contributed by atoms with E-state index >= 15 is 0 Å². The molecule has 0 aliphatic rings. The van der Waals surface area contributed by atoms with Crippen LogP contribution in [0.2, 0.25) is 0 Å². The van der Waals surface area contributed by atoms with E-state index in [0.29, 0.717) is 6.29 Å². The lowest BCUT2D eigenvalue weighted by Crippen LogP contribution is -2.25. The van der Waals surface area contributed by atoms with Crippen LogP contribution in [0.1, 0.15) is 24.2 Å². The van der Waals surface area contributed by atoms with Crippen LogP contribution in [-0.4, -0.2) is 36.6 Å². The number of carbonyl (C=O) groups excluding carboxylic acids is 1. The Balaban J connectivity index is 2.57. The molecular formula is C13H18FNOS. The predicted molar refractivity (Wildman–Crippen MR) is 70.3 cm³/mol. The third-order valence-electron chi connectivity index (χ3n) is 2.69. The number of hydrogen-bond donors (Lipinski definition) is 0. The summed E-state index contributed by atoms with van der Waals surface area (Å²) >= 11 is 1.53. The number of halogens is 1. The van der Waals surface area contributed by atoms with Gasteiger partial charge in [0.2, 0.25) is 0 Å². The predicted octanol–water partition coefficient (Wildman–Crippen LogP) is 3.07. The van der Waals surface area contributed by atoms with Crippen molar-refractivity contribution in [3.8, 4) is 0 Å². The lowest BCUT2D eigenvalue weighted by atomic mass is 10.2. The van der Waals surface area contributed by atoms with E-state index in [0.717, 1.165) is 30.3 Å². The minimum absolute atomic E-state index is 0.178. The van der Waals surface area contributed by atoms with Gasteiger partial charge in [0.25, 0.3) is 0 Å². The van der Waals surface area contributed by atoms with Gasteiger partial charge in [-0.15, -0.1) is 11.8 Å². The fourth-order valence-electron chi connectivity index (χ4n) is 1.58. The zero-order valence-electron chi connectivity index (χ0n) is 10.3. The van der Waals surface area contributed by atoms with Crippen molar-refractivity contribution < 1.29 is 9.18 Å². The largest absolute Gasteiger partial charge is 0.303 e. The van der Waals surface area contributed by atoms with Crippen LogP contribution in [0.5, 0.6) is 0 Å². The molecule has 1 aromatic rings. The average molecular weight is 255 g/mol. The first-order chi connectivity index (χ1) is 8.22. The Morgan fingerprint density at radius 1 is 1.35 bits per heavy atom. The molecule has 0 unspecified atom stereocenters. The second-order valence-corrected chi connectivity index (χ2v) is 4.78. The fraction of sp³-hybridized carbons (Fsp3) is 0.462. The first-order valence-corrected chi connectivity index (χ1v) is 6.80. The number of thioether (sulfide) groups is 1. The van der Waals surface area contributed by atoms with Crippen LogP contribution in [-0.2, 0) is 0 Å². The van der Waals surface area contributed by atoms with Gasteiger partial charge < -0.3 is 4.90 Å². The van der Waals surface area contributed by atoms with Gasteiger partial charge in [-0.25, -0.2) is 4.39 Å². The number of benzene rings is 1. The fourth-order valence-corrected chi connectivity index (χ4v) is 2.63.